The van der Waals surface area contributed by atoms with Gasteiger partial charge in [0.05, 0.1) is 18.2 Å². The summed E-state index contributed by atoms with van der Waals surface area (Å²) in [6, 6.07) is 22.9. The molecular formula is C27H24ClNO4. The Labute approximate surface area is 197 Å². The van der Waals surface area contributed by atoms with Crippen LogP contribution in [0.1, 0.15) is 30.5 Å². The number of ether oxygens (including phenoxy) is 1. The molecular weight excluding hydrogens is 438 g/mol. The number of carbonyl (C=O) groups excluding carboxylic acids is 2. The lowest BCUT2D eigenvalue weighted by Crippen LogP contribution is -2.31. The quantitative estimate of drug-likeness (QED) is 0.457. The Bertz CT molecular complexity index is 1190. The molecule has 0 aliphatic carbocycles. The number of amides is 1. The van der Waals surface area contributed by atoms with Gasteiger partial charge in [-0.1, -0.05) is 60.1 Å². The molecule has 0 saturated carbocycles. The molecule has 3 aromatic carbocycles. The summed E-state index contributed by atoms with van der Waals surface area (Å²) in [7, 11) is 0. The number of aliphatic hydroxyl groups is 1. The summed E-state index contributed by atoms with van der Waals surface area (Å²) in [5.74, 6) is -0.732. The average Bonchev–Trinajstić information content (AvgIpc) is 3.09. The summed E-state index contributed by atoms with van der Waals surface area (Å²) in [5, 5.41) is 11.3. The van der Waals surface area contributed by atoms with Gasteiger partial charge in [-0.2, -0.15) is 0 Å². The molecule has 0 saturated heterocycles. The van der Waals surface area contributed by atoms with Gasteiger partial charge in [0.15, 0.2) is 11.5 Å². The average molecular weight is 462 g/mol. The smallest absolute Gasteiger partial charge is 0.294 e. The Morgan fingerprint density at radius 1 is 1.03 bits per heavy atom. The zero-order chi connectivity index (χ0) is 23.4. The van der Waals surface area contributed by atoms with E-state index in [1.54, 1.807) is 36.4 Å². The van der Waals surface area contributed by atoms with E-state index in [1.165, 1.54) is 4.90 Å². The molecule has 5 nitrogen and oxygen atoms in total. The fraction of sp³-hybridized carbons (Fsp3) is 0.185. The summed E-state index contributed by atoms with van der Waals surface area (Å²) >= 11 is 6.18. The minimum Gasteiger partial charge on any atom is -0.503 e. The van der Waals surface area contributed by atoms with E-state index in [0.29, 0.717) is 35.1 Å². The molecule has 1 amide bonds. The molecule has 168 valence electrons. The summed E-state index contributed by atoms with van der Waals surface area (Å²) in [6.45, 7) is 2.43. The number of aryl methyl sites for hydroxylation is 1. The first-order chi connectivity index (χ1) is 16.0. The van der Waals surface area contributed by atoms with E-state index in [0.717, 1.165) is 5.56 Å². The van der Waals surface area contributed by atoms with Gasteiger partial charge in [-0.05, 0) is 54.8 Å². The van der Waals surface area contributed by atoms with Gasteiger partial charge in [-0.3, -0.25) is 14.5 Å². The van der Waals surface area contributed by atoms with Crippen molar-refractivity contribution in [2.24, 2.45) is 0 Å². The van der Waals surface area contributed by atoms with Crippen LogP contribution in [0.3, 0.4) is 0 Å². The van der Waals surface area contributed by atoms with Crippen molar-refractivity contribution in [2.75, 3.05) is 11.5 Å². The number of hydrogen-bond acceptors (Lipinski definition) is 4. The number of rotatable bonds is 8. The standard InChI is InChI=1S/C27H24ClNO4/c1-2-33-22-14-12-19(13-15-22)25-24(23(30)16-11-18-7-4-3-5-8-18)26(31)27(32)29(25)21-10-6-9-20(28)17-21/h3-10,12-15,17,25,31H,2,11,16H2,1H3. The van der Waals surface area contributed by atoms with E-state index < -0.39 is 17.7 Å². The Balaban J connectivity index is 1.72. The Hall–Kier alpha value is -3.57. The van der Waals surface area contributed by atoms with Crippen molar-refractivity contribution in [3.8, 4) is 5.75 Å². The molecule has 1 N–H and O–H groups in total. The molecule has 33 heavy (non-hydrogen) atoms. The molecule has 1 aliphatic rings. The molecule has 0 bridgehead atoms. The number of benzene rings is 3. The first kappa shape index (κ1) is 22.6. The SMILES string of the molecule is CCOc1ccc(C2C(C(=O)CCc3ccccc3)=C(O)C(=O)N2c2cccc(Cl)c2)cc1. The van der Waals surface area contributed by atoms with Gasteiger partial charge in [0, 0.05) is 17.1 Å². The minimum absolute atomic E-state index is 0.0973. The maximum Gasteiger partial charge on any atom is 0.294 e. The molecule has 1 heterocycles. The number of ketones is 1. The maximum absolute atomic E-state index is 13.3. The molecule has 6 heteroatoms. The maximum atomic E-state index is 13.3. The normalized spacial score (nSPS) is 15.8. The van der Waals surface area contributed by atoms with Crippen LogP contribution in [-0.2, 0) is 16.0 Å². The Kier molecular flexibility index (Phi) is 6.80. The fourth-order valence-electron chi connectivity index (χ4n) is 4.05. The van der Waals surface area contributed by atoms with E-state index in [-0.39, 0.29) is 17.8 Å². The predicted octanol–water partition coefficient (Wildman–Crippen LogP) is 5.84. The molecule has 0 aromatic heterocycles. The van der Waals surface area contributed by atoms with E-state index in [2.05, 4.69) is 0 Å². The van der Waals surface area contributed by atoms with Crippen LogP contribution in [-0.4, -0.2) is 23.4 Å². The van der Waals surface area contributed by atoms with Gasteiger partial charge in [0.1, 0.15) is 5.75 Å². The highest BCUT2D eigenvalue weighted by Gasteiger charge is 2.44. The number of hydrogen-bond donors (Lipinski definition) is 1. The first-order valence-corrected chi connectivity index (χ1v) is 11.2. The van der Waals surface area contributed by atoms with Crippen molar-refractivity contribution in [1.29, 1.82) is 0 Å². The van der Waals surface area contributed by atoms with Crippen molar-refractivity contribution in [3.05, 3.63) is 106 Å². The van der Waals surface area contributed by atoms with Crippen molar-refractivity contribution >= 4 is 29.0 Å². The second kappa shape index (κ2) is 9.92. The highest BCUT2D eigenvalue weighted by atomic mass is 35.5. The summed E-state index contributed by atoms with van der Waals surface area (Å²) < 4.78 is 5.53. The third kappa shape index (κ3) is 4.78. The first-order valence-electron chi connectivity index (χ1n) is 10.8. The van der Waals surface area contributed by atoms with Gasteiger partial charge >= 0.3 is 0 Å². The van der Waals surface area contributed by atoms with Crippen LogP contribution < -0.4 is 9.64 Å². The van der Waals surface area contributed by atoms with Crippen molar-refractivity contribution in [3.63, 3.8) is 0 Å². The predicted molar refractivity (Wildman–Crippen MR) is 129 cm³/mol. The molecule has 0 radical (unpaired) electrons. The van der Waals surface area contributed by atoms with Crippen LogP contribution in [0.4, 0.5) is 5.69 Å². The number of Topliss-reactive ketones (excluding diaryl/α,β-unsaturated/α-hetero) is 1. The zero-order valence-electron chi connectivity index (χ0n) is 18.2. The van der Waals surface area contributed by atoms with Crippen molar-refractivity contribution in [1.82, 2.24) is 0 Å². The number of anilines is 1. The number of halogens is 1. The zero-order valence-corrected chi connectivity index (χ0v) is 19.0. The van der Waals surface area contributed by atoms with E-state index in [4.69, 9.17) is 16.3 Å². The summed E-state index contributed by atoms with van der Waals surface area (Å²) in [6.07, 6.45) is 0.686. The number of aliphatic hydroxyl groups excluding tert-OH is 1. The van der Waals surface area contributed by atoms with Crippen LogP contribution in [0.15, 0.2) is 90.2 Å². The lowest BCUT2D eigenvalue weighted by Gasteiger charge is -2.27. The van der Waals surface area contributed by atoms with E-state index >= 15 is 0 Å². The molecule has 1 aliphatic heterocycles. The van der Waals surface area contributed by atoms with Crippen LogP contribution in [0.25, 0.3) is 0 Å². The minimum atomic E-state index is -0.769. The van der Waals surface area contributed by atoms with Gasteiger partial charge in [-0.25, -0.2) is 0 Å². The fourth-order valence-corrected chi connectivity index (χ4v) is 4.23. The summed E-state index contributed by atoms with van der Waals surface area (Å²) in [5.41, 5.74) is 2.31. The third-order valence-corrected chi connectivity index (χ3v) is 5.82. The second-order valence-corrected chi connectivity index (χ2v) is 8.17. The highest BCUT2D eigenvalue weighted by Crippen LogP contribution is 2.42. The molecule has 0 fully saturated rings. The highest BCUT2D eigenvalue weighted by molar-refractivity contribution is 6.31. The molecule has 1 atom stereocenters. The third-order valence-electron chi connectivity index (χ3n) is 5.59. The monoisotopic (exact) mass is 461 g/mol. The van der Waals surface area contributed by atoms with Crippen molar-refractivity contribution < 1.29 is 19.4 Å². The lowest BCUT2D eigenvalue weighted by molar-refractivity contribution is -0.118. The molecule has 1 unspecified atom stereocenters. The molecule has 0 spiro atoms. The molecule has 3 aromatic rings. The van der Waals surface area contributed by atoms with E-state index in [1.807, 2.05) is 49.4 Å². The largest absolute Gasteiger partial charge is 0.503 e. The van der Waals surface area contributed by atoms with Gasteiger partial charge in [0.2, 0.25) is 0 Å². The van der Waals surface area contributed by atoms with Crippen molar-refractivity contribution in [2.45, 2.75) is 25.8 Å². The number of nitrogens with zero attached hydrogens (tertiary/aromatic N) is 1. The topological polar surface area (TPSA) is 66.8 Å². The van der Waals surface area contributed by atoms with Gasteiger partial charge in [0.25, 0.3) is 5.91 Å². The van der Waals surface area contributed by atoms with Crippen LogP contribution in [0, 0.1) is 0 Å². The lowest BCUT2D eigenvalue weighted by atomic mass is 9.93. The Morgan fingerprint density at radius 2 is 1.76 bits per heavy atom. The summed E-state index contributed by atoms with van der Waals surface area (Å²) in [4.78, 5) is 27.9. The van der Waals surface area contributed by atoms with E-state index in [9.17, 15) is 14.7 Å². The van der Waals surface area contributed by atoms with Crippen LogP contribution in [0.5, 0.6) is 5.75 Å². The van der Waals surface area contributed by atoms with Gasteiger partial charge in [-0.15, -0.1) is 0 Å². The Morgan fingerprint density at radius 3 is 2.42 bits per heavy atom. The second-order valence-electron chi connectivity index (χ2n) is 7.73. The number of carbonyl (C=O) groups is 2. The van der Waals surface area contributed by atoms with Crippen LogP contribution >= 0.6 is 11.6 Å². The molecule has 4 rings (SSSR count). The van der Waals surface area contributed by atoms with Crippen LogP contribution in [0.2, 0.25) is 5.02 Å². The van der Waals surface area contributed by atoms with Gasteiger partial charge < -0.3 is 9.84 Å².